The van der Waals surface area contributed by atoms with Crippen molar-refractivity contribution >= 4 is 59.3 Å². The number of fused-ring (bicyclic) bond motifs is 7. The maximum Gasteiger partial charge on any atom is 0.0714 e. The number of benzene rings is 11. The molecule has 0 bridgehead atoms. The van der Waals surface area contributed by atoms with Gasteiger partial charge in [-0.2, -0.15) is 0 Å². The van der Waals surface area contributed by atoms with Crippen molar-refractivity contribution in [2.45, 2.75) is 5.41 Å². The van der Waals surface area contributed by atoms with Crippen molar-refractivity contribution in [1.29, 1.82) is 0 Å². The van der Waals surface area contributed by atoms with Crippen LogP contribution in [0.25, 0.3) is 75.5 Å². The second-order valence-electron chi connectivity index (χ2n) is 17.6. The molecule has 0 unspecified atom stereocenters. The molecule has 0 spiro atoms. The molecule has 1 aliphatic rings. The lowest BCUT2D eigenvalue weighted by atomic mass is 9.67. The Balaban J connectivity index is 1.05. The van der Waals surface area contributed by atoms with Crippen LogP contribution >= 0.6 is 11.3 Å². The van der Waals surface area contributed by atoms with Gasteiger partial charge in [0.25, 0.3) is 0 Å². The summed E-state index contributed by atoms with van der Waals surface area (Å²) in [5.41, 5.74) is 17.4. The van der Waals surface area contributed by atoms with Gasteiger partial charge in [0.2, 0.25) is 0 Å². The number of nitrogens with zero attached hydrogens (tertiary/aromatic N) is 1. The first-order valence-electron chi connectivity index (χ1n) is 23.1. The summed E-state index contributed by atoms with van der Waals surface area (Å²) in [7, 11) is 0. The average molecular weight is 870 g/mol. The summed E-state index contributed by atoms with van der Waals surface area (Å²) in [6, 6.07) is 96.7. The number of para-hydroxylation sites is 1. The molecule has 0 saturated carbocycles. The molecule has 11 aromatic carbocycles. The molecule has 0 atom stereocenters. The van der Waals surface area contributed by atoms with Crippen LogP contribution in [-0.2, 0) is 5.41 Å². The fourth-order valence-electron chi connectivity index (χ4n) is 10.8. The van der Waals surface area contributed by atoms with Gasteiger partial charge >= 0.3 is 0 Å². The molecule has 0 N–H and O–H groups in total. The van der Waals surface area contributed by atoms with E-state index in [0.29, 0.717) is 0 Å². The van der Waals surface area contributed by atoms with E-state index in [1.807, 2.05) is 11.3 Å². The molecular weight excluding hydrogens is 827 g/mol. The molecule has 314 valence electrons. The van der Waals surface area contributed by atoms with Gasteiger partial charge in [0.05, 0.1) is 11.1 Å². The van der Waals surface area contributed by atoms with Crippen LogP contribution in [0.4, 0.5) is 17.1 Å². The van der Waals surface area contributed by atoms with Crippen LogP contribution in [0.2, 0.25) is 0 Å². The lowest BCUT2D eigenvalue weighted by Crippen LogP contribution is -2.28. The Kier molecular flexibility index (Phi) is 9.33. The topological polar surface area (TPSA) is 3.24 Å². The summed E-state index contributed by atoms with van der Waals surface area (Å²) < 4.78 is 2.59. The Hall–Kier alpha value is -8.30. The number of anilines is 3. The molecule has 0 radical (unpaired) electrons. The number of hydrogen-bond donors (Lipinski definition) is 0. The van der Waals surface area contributed by atoms with Crippen molar-refractivity contribution in [2.75, 3.05) is 4.90 Å². The molecule has 0 aliphatic heterocycles. The van der Waals surface area contributed by atoms with Crippen LogP contribution < -0.4 is 4.90 Å². The average Bonchev–Trinajstić information content (AvgIpc) is 3.92. The van der Waals surface area contributed by atoms with E-state index in [1.54, 1.807) is 0 Å². The summed E-state index contributed by atoms with van der Waals surface area (Å²) in [6.07, 6.45) is 0. The van der Waals surface area contributed by atoms with Crippen LogP contribution in [0.3, 0.4) is 0 Å². The molecule has 0 saturated heterocycles. The summed E-state index contributed by atoms with van der Waals surface area (Å²) in [5.74, 6) is 0. The normalized spacial score (nSPS) is 12.6. The second kappa shape index (κ2) is 16.0. The van der Waals surface area contributed by atoms with Gasteiger partial charge in [0.15, 0.2) is 0 Å². The van der Waals surface area contributed by atoms with E-state index in [4.69, 9.17) is 0 Å². The maximum atomic E-state index is 2.50. The highest BCUT2D eigenvalue weighted by atomic mass is 32.1. The van der Waals surface area contributed by atoms with Crippen LogP contribution in [0.15, 0.2) is 261 Å². The van der Waals surface area contributed by atoms with Gasteiger partial charge in [-0.3, -0.25) is 0 Å². The molecule has 2 heteroatoms. The quantitative estimate of drug-likeness (QED) is 0.147. The van der Waals surface area contributed by atoms with E-state index in [2.05, 4.69) is 266 Å². The van der Waals surface area contributed by atoms with Crippen LogP contribution in [0.1, 0.15) is 22.3 Å². The number of rotatable bonds is 8. The summed E-state index contributed by atoms with van der Waals surface area (Å²) in [6.45, 7) is 0. The minimum Gasteiger partial charge on any atom is -0.310 e. The first-order valence-corrected chi connectivity index (χ1v) is 23.9. The van der Waals surface area contributed by atoms with Crippen LogP contribution in [0.5, 0.6) is 0 Å². The molecule has 1 nitrogen and oxygen atoms in total. The highest BCUT2D eigenvalue weighted by Gasteiger charge is 2.46. The Morgan fingerprint density at radius 1 is 0.299 bits per heavy atom. The van der Waals surface area contributed by atoms with Crippen molar-refractivity contribution in [1.82, 2.24) is 0 Å². The fourth-order valence-corrected chi connectivity index (χ4v) is 11.9. The Morgan fingerprint density at radius 3 is 1.60 bits per heavy atom. The van der Waals surface area contributed by atoms with E-state index in [-0.39, 0.29) is 0 Å². The van der Waals surface area contributed by atoms with Gasteiger partial charge < -0.3 is 4.90 Å². The third-order valence-corrected chi connectivity index (χ3v) is 15.1. The highest BCUT2D eigenvalue weighted by Crippen LogP contribution is 2.58. The Bertz CT molecular complexity index is 3760. The van der Waals surface area contributed by atoms with Crippen molar-refractivity contribution in [3.63, 3.8) is 0 Å². The predicted octanol–water partition coefficient (Wildman–Crippen LogP) is 18.0. The summed E-state index contributed by atoms with van der Waals surface area (Å²) >= 11 is 1.86. The molecule has 0 amide bonds. The summed E-state index contributed by atoms with van der Waals surface area (Å²) in [5, 5.41) is 5.04. The third-order valence-electron chi connectivity index (χ3n) is 13.9. The van der Waals surface area contributed by atoms with Crippen molar-refractivity contribution < 1.29 is 0 Å². The first kappa shape index (κ1) is 39.1. The monoisotopic (exact) mass is 869 g/mol. The van der Waals surface area contributed by atoms with Gasteiger partial charge in [-0.15, -0.1) is 11.3 Å². The molecule has 1 aromatic heterocycles. The third kappa shape index (κ3) is 6.44. The molecule has 1 aliphatic carbocycles. The van der Waals surface area contributed by atoms with E-state index >= 15 is 0 Å². The van der Waals surface area contributed by atoms with Crippen molar-refractivity contribution in [3.8, 4) is 44.5 Å². The zero-order chi connectivity index (χ0) is 44.3. The largest absolute Gasteiger partial charge is 0.310 e. The smallest absolute Gasteiger partial charge is 0.0714 e. The molecule has 0 fully saturated rings. The molecule has 13 rings (SSSR count). The highest BCUT2D eigenvalue weighted by molar-refractivity contribution is 7.25. The lowest BCUT2D eigenvalue weighted by molar-refractivity contribution is 0.768. The first-order chi connectivity index (χ1) is 33.2. The molecule has 67 heavy (non-hydrogen) atoms. The number of thiophene rings is 1. The van der Waals surface area contributed by atoms with Crippen molar-refractivity contribution in [3.05, 3.63) is 283 Å². The Morgan fingerprint density at radius 2 is 0.821 bits per heavy atom. The van der Waals surface area contributed by atoms with E-state index < -0.39 is 5.41 Å². The van der Waals surface area contributed by atoms with Gasteiger partial charge in [-0.25, -0.2) is 0 Å². The van der Waals surface area contributed by atoms with Gasteiger partial charge in [0.1, 0.15) is 0 Å². The minimum absolute atomic E-state index is 0.609. The van der Waals surface area contributed by atoms with Gasteiger partial charge in [-0.05, 0) is 127 Å². The predicted molar refractivity (Wildman–Crippen MR) is 285 cm³/mol. The fraction of sp³-hybridized carbons (Fsp3) is 0.0154. The minimum atomic E-state index is -0.609. The number of hydrogen-bond acceptors (Lipinski definition) is 2. The van der Waals surface area contributed by atoms with Crippen LogP contribution in [-0.4, -0.2) is 0 Å². The molecule has 12 aromatic rings. The van der Waals surface area contributed by atoms with E-state index in [0.717, 1.165) is 17.1 Å². The van der Waals surface area contributed by atoms with Crippen molar-refractivity contribution in [2.24, 2.45) is 0 Å². The maximum absolute atomic E-state index is 2.50. The van der Waals surface area contributed by atoms with E-state index in [9.17, 15) is 0 Å². The molecular formula is C65H43NS. The van der Waals surface area contributed by atoms with E-state index in [1.165, 1.54) is 97.7 Å². The van der Waals surface area contributed by atoms with Gasteiger partial charge in [-0.1, -0.05) is 206 Å². The second-order valence-corrected chi connectivity index (χ2v) is 18.7. The zero-order valence-electron chi connectivity index (χ0n) is 36.7. The lowest BCUT2D eigenvalue weighted by Gasteiger charge is -2.35. The summed E-state index contributed by atoms with van der Waals surface area (Å²) in [4.78, 5) is 2.50. The van der Waals surface area contributed by atoms with Crippen LogP contribution in [0, 0.1) is 0 Å². The SMILES string of the molecule is c1ccc(-c2ccc(-c3ccccc3N(c3ccc4c(c3)C(c3ccccc3)(c3ccccc3)c3cc(-c5ccc6ccccc6c5)ccc3-4)c3ccc4sc5ccccc5c4c3)cc2)cc1. The molecule has 1 heterocycles. The zero-order valence-corrected chi connectivity index (χ0v) is 37.5. The standard InChI is InChI=1S/C65H43NS/c1-4-16-44(17-5-1)46-28-31-47(32-29-46)55-24-12-14-26-62(55)66(53-36-39-64-59(42-53)58-25-13-15-27-63(58)67-64)54-35-38-57-56-37-34-50(49-33-30-45-18-10-11-19-48(45)40-49)41-60(56)65(61(57)43-54,51-20-6-2-7-21-51)52-22-8-3-9-23-52/h1-43H. The van der Waals surface area contributed by atoms with Gasteiger partial charge in [0, 0.05) is 37.1 Å². The Labute approximate surface area is 395 Å².